The fourth-order valence-corrected chi connectivity index (χ4v) is 2.20. The van der Waals surface area contributed by atoms with Gasteiger partial charge in [-0.1, -0.05) is 25.8 Å². The SMILES string of the molecule is CCCCCN(C)c1ccc(CNC(C)(C)C)cc1C#N. The Bertz CT molecular complexity index is 480. The van der Waals surface area contributed by atoms with Gasteiger partial charge in [0.15, 0.2) is 0 Å². The summed E-state index contributed by atoms with van der Waals surface area (Å²) in [4.78, 5) is 2.19. The molecule has 116 valence electrons. The van der Waals surface area contributed by atoms with Gasteiger partial charge in [-0.05, 0) is 44.9 Å². The maximum Gasteiger partial charge on any atom is 0.101 e. The fourth-order valence-electron chi connectivity index (χ4n) is 2.20. The van der Waals surface area contributed by atoms with Crippen LogP contribution in [0, 0.1) is 11.3 Å². The highest BCUT2D eigenvalue weighted by molar-refractivity contribution is 5.60. The third-order valence-electron chi connectivity index (χ3n) is 3.51. The number of hydrogen-bond donors (Lipinski definition) is 1. The second kappa shape index (κ2) is 8.05. The minimum absolute atomic E-state index is 0.0857. The van der Waals surface area contributed by atoms with E-state index in [9.17, 15) is 5.26 Å². The van der Waals surface area contributed by atoms with Gasteiger partial charge in [-0.3, -0.25) is 0 Å². The molecule has 0 amide bonds. The second-order valence-corrected chi connectivity index (χ2v) is 6.70. The van der Waals surface area contributed by atoms with Crippen LogP contribution in [0.4, 0.5) is 5.69 Å². The van der Waals surface area contributed by atoms with Gasteiger partial charge in [-0.15, -0.1) is 0 Å². The van der Waals surface area contributed by atoms with Crippen LogP contribution in [0.2, 0.25) is 0 Å². The second-order valence-electron chi connectivity index (χ2n) is 6.70. The Kier molecular flexibility index (Phi) is 6.71. The average Bonchev–Trinajstić information content (AvgIpc) is 2.44. The maximum atomic E-state index is 9.39. The number of anilines is 1. The molecule has 0 atom stereocenters. The van der Waals surface area contributed by atoms with Crippen molar-refractivity contribution in [2.45, 2.75) is 59.0 Å². The molecule has 0 bridgehead atoms. The van der Waals surface area contributed by atoms with Crippen molar-refractivity contribution in [1.29, 1.82) is 5.26 Å². The van der Waals surface area contributed by atoms with Crippen LogP contribution in [-0.2, 0) is 6.54 Å². The summed E-state index contributed by atoms with van der Waals surface area (Å²) in [5.74, 6) is 0. The van der Waals surface area contributed by atoms with Gasteiger partial charge in [0.25, 0.3) is 0 Å². The van der Waals surface area contributed by atoms with Crippen LogP contribution in [0.25, 0.3) is 0 Å². The predicted octanol–water partition coefficient (Wildman–Crippen LogP) is 4.07. The van der Waals surface area contributed by atoms with E-state index < -0.39 is 0 Å². The van der Waals surface area contributed by atoms with E-state index in [0.717, 1.165) is 29.9 Å². The van der Waals surface area contributed by atoms with Crippen LogP contribution in [-0.4, -0.2) is 19.1 Å². The van der Waals surface area contributed by atoms with Crippen LogP contribution in [0.1, 0.15) is 58.1 Å². The van der Waals surface area contributed by atoms with E-state index in [-0.39, 0.29) is 5.54 Å². The summed E-state index contributed by atoms with van der Waals surface area (Å²) >= 11 is 0. The number of benzene rings is 1. The number of nitrogens with one attached hydrogen (secondary N) is 1. The zero-order chi connectivity index (χ0) is 15.9. The number of nitrogens with zero attached hydrogens (tertiary/aromatic N) is 2. The molecule has 0 saturated heterocycles. The van der Waals surface area contributed by atoms with E-state index in [1.54, 1.807) is 0 Å². The highest BCUT2D eigenvalue weighted by atomic mass is 15.1. The zero-order valence-corrected chi connectivity index (χ0v) is 14.2. The maximum absolute atomic E-state index is 9.39. The molecule has 0 aliphatic carbocycles. The first-order valence-electron chi connectivity index (χ1n) is 7.86. The molecule has 0 aliphatic rings. The van der Waals surface area contributed by atoms with E-state index in [4.69, 9.17) is 0 Å². The molecule has 0 aliphatic heterocycles. The molecule has 0 unspecified atom stereocenters. The highest BCUT2D eigenvalue weighted by Gasteiger charge is 2.11. The Morgan fingerprint density at radius 3 is 2.52 bits per heavy atom. The summed E-state index contributed by atoms with van der Waals surface area (Å²) in [6, 6.07) is 8.53. The molecule has 21 heavy (non-hydrogen) atoms. The molecular weight excluding hydrogens is 258 g/mol. The number of nitriles is 1. The van der Waals surface area contributed by atoms with Gasteiger partial charge in [-0.25, -0.2) is 0 Å². The summed E-state index contributed by atoms with van der Waals surface area (Å²) in [5, 5.41) is 12.9. The molecule has 1 aromatic carbocycles. The van der Waals surface area contributed by atoms with Crippen LogP contribution in [0.15, 0.2) is 18.2 Å². The molecule has 0 radical (unpaired) electrons. The number of unbranched alkanes of at least 4 members (excludes halogenated alkanes) is 2. The van der Waals surface area contributed by atoms with Crippen molar-refractivity contribution in [3.63, 3.8) is 0 Å². The van der Waals surface area contributed by atoms with E-state index >= 15 is 0 Å². The third-order valence-corrected chi connectivity index (χ3v) is 3.51. The molecule has 0 spiro atoms. The van der Waals surface area contributed by atoms with E-state index in [1.165, 1.54) is 19.3 Å². The Balaban J connectivity index is 2.77. The largest absolute Gasteiger partial charge is 0.374 e. The summed E-state index contributed by atoms with van der Waals surface area (Å²) in [6.45, 7) is 10.4. The first-order chi connectivity index (χ1) is 9.87. The fraction of sp³-hybridized carbons (Fsp3) is 0.611. The summed E-state index contributed by atoms with van der Waals surface area (Å²) in [5.41, 5.74) is 3.05. The molecular formula is C18H29N3. The van der Waals surface area contributed by atoms with Gasteiger partial charge in [0.1, 0.15) is 6.07 Å². The topological polar surface area (TPSA) is 39.1 Å². The minimum atomic E-state index is 0.0857. The first-order valence-corrected chi connectivity index (χ1v) is 7.86. The molecule has 0 saturated carbocycles. The van der Waals surface area contributed by atoms with Crippen LogP contribution >= 0.6 is 0 Å². The molecule has 0 heterocycles. The van der Waals surface area contributed by atoms with Crippen molar-refractivity contribution in [2.24, 2.45) is 0 Å². The zero-order valence-electron chi connectivity index (χ0n) is 14.2. The van der Waals surface area contributed by atoms with Gasteiger partial charge in [-0.2, -0.15) is 5.26 Å². The van der Waals surface area contributed by atoms with Crippen LogP contribution < -0.4 is 10.2 Å². The van der Waals surface area contributed by atoms with E-state index in [1.807, 2.05) is 6.07 Å². The van der Waals surface area contributed by atoms with E-state index in [0.29, 0.717) is 0 Å². The monoisotopic (exact) mass is 287 g/mol. The quantitative estimate of drug-likeness (QED) is 0.768. The van der Waals surface area contributed by atoms with Crippen LogP contribution in [0.5, 0.6) is 0 Å². The van der Waals surface area contributed by atoms with Gasteiger partial charge in [0, 0.05) is 25.7 Å². The first kappa shape index (κ1) is 17.5. The van der Waals surface area contributed by atoms with Gasteiger partial charge >= 0.3 is 0 Å². The van der Waals surface area contributed by atoms with Crippen LogP contribution in [0.3, 0.4) is 0 Å². The standard InChI is InChI=1S/C18H29N3/c1-6-7-8-11-21(5)17-10-9-15(12-16(17)13-19)14-20-18(2,3)4/h9-10,12,20H,6-8,11,14H2,1-5H3. The lowest BCUT2D eigenvalue weighted by Gasteiger charge is -2.23. The van der Waals surface area contributed by atoms with Gasteiger partial charge in [0.2, 0.25) is 0 Å². The normalized spacial score (nSPS) is 11.2. The van der Waals surface area contributed by atoms with Crippen molar-refractivity contribution in [2.75, 3.05) is 18.5 Å². The molecule has 3 nitrogen and oxygen atoms in total. The number of hydrogen-bond acceptors (Lipinski definition) is 3. The van der Waals surface area contributed by atoms with E-state index in [2.05, 4.69) is 63.2 Å². The Morgan fingerprint density at radius 2 is 1.95 bits per heavy atom. The summed E-state index contributed by atoms with van der Waals surface area (Å²) in [6.07, 6.45) is 3.63. The molecule has 0 fully saturated rings. The Morgan fingerprint density at radius 1 is 1.24 bits per heavy atom. The lowest BCUT2D eigenvalue weighted by atomic mass is 10.1. The molecule has 1 rings (SSSR count). The van der Waals surface area contributed by atoms with Crippen molar-refractivity contribution in [1.82, 2.24) is 5.32 Å². The summed E-state index contributed by atoms with van der Waals surface area (Å²) in [7, 11) is 2.07. The molecule has 1 N–H and O–H groups in total. The summed E-state index contributed by atoms with van der Waals surface area (Å²) < 4.78 is 0. The van der Waals surface area contributed by atoms with Gasteiger partial charge in [0.05, 0.1) is 11.3 Å². The van der Waals surface area contributed by atoms with Crippen molar-refractivity contribution < 1.29 is 0 Å². The minimum Gasteiger partial charge on any atom is -0.374 e. The lowest BCUT2D eigenvalue weighted by Crippen LogP contribution is -2.35. The Hall–Kier alpha value is -1.53. The van der Waals surface area contributed by atoms with Gasteiger partial charge < -0.3 is 10.2 Å². The third kappa shape index (κ3) is 6.18. The van der Waals surface area contributed by atoms with Crippen molar-refractivity contribution >= 4 is 5.69 Å². The predicted molar refractivity (Wildman–Crippen MR) is 90.5 cm³/mol. The molecule has 1 aromatic rings. The molecule has 3 heteroatoms. The van der Waals surface area contributed by atoms with Crippen molar-refractivity contribution in [3.05, 3.63) is 29.3 Å². The lowest BCUT2D eigenvalue weighted by molar-refractivity contribution is 0.424. The smallest absolute Gasteiger partial charge is 0.101 e. The van der Waals surface area contributed by atoms with Crippen molar-refractivity contribution in [3.8, 4) is 6.07 Å². The average molecular weight is 287 g/mol. The highest BCUT2D eigenvalue weighted by Crippen LogP contribution is 2.21. The number of rotatable bonds is 7. The Labute approximate surface area is 130 Å². The molecule has 0 aromatic heterocycles.